The van der Waals surface area contributed by atoms with Crippen LogP contribution < -0.4 is 10.7 Å². The molecule has 66 valence electrons. The number of carboxylic acid groups (broad SMARTS) is 1. The van der Waals surface area contributed by atoms with E-state index in [-0.39, 0.29) is 12.3 Å². The highest BCUT2D eigenvalue weighted by atomic mass is 16.4. The van der Waals surface area contributed by atoms with E-state index in [0.717, 1.165) is 0 Å². The molecule has 1 aliphatic rings. The number of carbonyl (C=O) groups is 2. The van der Waals surface area contributed by atoms with Crippen molar-refractivity contribution in [3.05, 3.63) is 0 Å². The molecule has 0 saturated carbocycles. The Labute approximate surface area is 68.6 Å². The zero-order valence-corrected chi connectivity index (χ0v) is 6.33. The molecule has 0 atom stereocenters. The van der Waals surface area contributed by atoms with Crippen molar-refractivity contribution >= 4 is 17.7 Å². The van der Waals surface area contributed by atoms with Crippen LogP contribution in [-0.4, -0.2) is 29.4 Å². The van der Waals surface area contributed by atoms with Gasteiger partial charge in [-0.2, -0.15) is 5.10 Å². The number of hydrogen-bond donors (Lipinski definition) is 3. The van der Waals surface area contributed by atoms with Crippen LogP contribution in [0.4, 0.5) is 4.79 Å². The second-order valence-electron chi connectivity index (χ2n) is 2.37. The average molecular weight is 171 g/mol. The molecule has 1 saturated heterocycles. The van der Waals surface area contributed by atoms with E-state index in [9.17, 15) is 9.59 Å². The zero-order valence-electron chi connectivity index (χ0n) is 6.33. The van der Waals surface area contributed by atoms with Crippen LogP contribution >= 0.6 is 0 Å². The van der Waals surface area contributed by atoms with Gasteiger partial charge in [-0.3, -0.25) is 4.79 Å². The predicted molar refractivity (Wildman–Crippen MR) is 40.8 cm³/mol. The van der Waals surface area contributed by atoms with Crippen molar-refractivity contribution in [2.75, 3.05) is 6.54 Å². The fourth-order valence-electron chi connectivity index (χ4n) is 0.905. The van der Waals surface area contributed by atoms with Crippen LogP contribution in [0.3, 0.4) is 0 Å². The van der Waals surface area contributed by atoms with Crippen LogP contribution in [0, 0.1) is 0 Å². The van der Waals surface area contributed by atoms with E-state index in [2.05, 4.69) is 10.4 Å². The van der Waals surface area contributed by atoms with Crippen LogP contribution in [-0.2, 0) is 4.79 Å². The summed E-state index contributed by atoms with van der Waals surface area (Å²) in [5.41, 5.74) is 2.43. The lowest BCUT2D eigenvalue weighted by Crippen LogP contribution is -2.34. The monoisotopic (exact) mass is 171 g/mol. The Bertz CT molecular complexity index is 236. The van der Waals surface area contributed by atoms with Gasteiger partial charge in [0.2, 0.25) is 5.91 Å². The zero-order chi connectivity index (χ0) is 8.97. The minimum absolute atomic E-state index is 0.118. The standard InChI is InChI=1S/C6H9N3O3/c10-5-3-4(1-2-7-5)8-9-6(11)12/h9H,1-3H2,(H,7,10)(H,11,12)/b8-4+. The van der Waals surface area contributed by atoms with E-state index in [1.54, 1.807) is 0 Å². The fraction of sp³-hybridized carbons (Fsp3) is 0.500. The molecule has 0 aromatic heterocycles. The van der Waals surface area contributed by atoms with Gasteiger partial charge in [0.25, 0.3) is 0 Å². The molecule has 1 fully saturated rings. The normalized spacial score (nSPS) is 20.3. The maximum atomic E-state index is 10.8. The number of rotatable bonds is 1. The largest absolute Gasteiger partial charge is 0.464 e. The number of carbonyl (C=O) groups excluding carboxylic acids is 1. The van der Waals surface area contributed by atoms with Crippen LogP contribution in [0.2, 0.25) is 0 Å². The van der Waals surface area contributed by atoms with Crippen molar-refractivity contribution in [2.24, 2.45) is 5.10 Å². The molecule has 2 amide bonds. The quantitative estimate of drug-likeness (QED) is 0.465. The SMILES string of the molecule is O=C(O)N/N=C1\CCNC(=O)C1. The lowest BCUT2D eigenvalue weighted by Gasteiger charge is -2.12. The molecule has 0 radical (unpaired) electrons. The number of nitrogens with zero attached hydrogens (tertiary/aromatic N) is 1. The summed E-state index contributed by atoms with van der Waals surface area (Å²) in [6, 6.07) is 0. The Morgan fingerprint density at radius 1 is 1.67 bits per heavy atom. The summed E-state index contributed by atoms with van der Waals surface area (Å²) in [4.78, 5) is 20.8. The van der Waals surface area contributed by atoms with Crippen LogP contribution in [0.5, 0.6) is 0 Å². The molecule has 0 unspecified atom stereocenters. The number of piperidine rings is 1. The van der Waals surface area contributed by atoms with Crippen molar-refractivity contribution in [2.45, 2.75) is 12.8 Å². The Kier molecular flexibility index (Phi) is 2.62. The molecule has 1 aliphatic heterocycles. The van der Waals surface area contributed by atoms with Crippen molar-refractivity contribution < 1.29 is 14.7 Å². The molecule has 0 aromatic rings. The highest BCUT2D eigenvalue weighted by molar-refractivity contribution is 6.03. The van der Waals surface area contributed by atoms with Crippen molar-refractivity contribution in [1.82, 2.24) is 10.7 Å². The van der Waals surface area contributed by atoms with Crippen LogP contribution in [0.25, 0.3) is 0 Å². The van der Waals surface area contributed by atoms with Gasteiger partial charge in [-0.25, -0.2) is 10.2 Å². The lowest BCUT2D eigenvalue weighted by molar-refractivity contribution is -0.120. The van der Waals surface area contributed by atoms with Gasteiger partial charge < -0.3 is 10.4 Å². The molecule has 1 heterocycles. The maximum Gasteiger partial charge on any atom is 0.425 e. The van der Waals surface area contributed by atoms with Gasteiger partial charge in [0, 0.05) is 18.7 Å². The van der Waals surface area contributed by atoms with E-state index >= 15 is 0 Å². The number of hydrogen-bond acceptors (Lipinski definition) is 3. The summed E-state index contributed by atoms with van der Waals surface area (Å²) in [6.07, 6.45) is -0.430. The van der Waals surface area contributed by atoms with E-state index < -0.39 is 6.09 Å². The lowest BCUT2D eigenvalue weighted by atomic mass is 10.1. The second kappa shape index (κ2) is 3.70. The van der Waals surface area contributed by atoms with Gasteiger partial charge in [-0.1, -0.05) is 0 Å². The predicted octanol–water partition coefficient (Wildman–Crippen LogP) is -0.480. The van der Waals surface area contributed by atoms with Gasteiger partial charge in [-0.05, 0) is 0 Å². The third-order valence-corrected chi connectivity index (χ3v) is 1.41. The first-order valence-electron chi connectivity index (χ1n) is 3.49. The molecule has 6 nitrogen and oxygen atoms in total. The topological polar surface area (TPSA) is 90.8 Å². The first-order chi connectivity index (χ1) is 5.68. The summed E-state index contributed by atoms with van der Waals surface area (Å²) < 4.78 is 0. The summed E-state index contributed by atoms with van der Waals surface area (Å²) in [7, 11) is 0. The minimum atomic E-state index is -1.21. The number of nitrogens with one attached hydrogen (secondary N) is 2. The number of hydrazone groups is 1. The number of amides is 2. The second-order valence-corrected chi connectivity index (χ2v) is 2.37. The molecule has 0 aromatic carbocycles. The fourth-order valence-corrected chi connectivity index (χ4v) is 0.905. The van der Waals surface area contributed by atoms with Crippen molar-refractivity contribution in [3.8, 4) is 0 Å². The highest BCUT2D eigenvalue weighted by Gasteiger charge is 2.13. The molecule has 0 spiro atoms. The Morgan fingerprint density at radius 3 is 3.00 bits per heavy atom. The molecule has 0 bridgehead atoms. The Morgan fingerprint density at radius 2 is 2.42 bits per heavy atom. The summed E-state index contributed by atoms with van der Waals surface area (Å²) >= 11 is 0. The minimum Gasteiger partial charge on any atom is -0.464 e. The maximum absolute atomic E-state index is 10.8. The van der Waals surface area contributed by atoms with Gasteiger partial charge in [-0.15, -0.1) is 0 Å². The van der Waals surface area contributed by atoms with Gasteiger partial charge in [0.15, 0.2) is 0 Å². The Hall–Kier alpha value is -1.59. The van der Waals surface area contributed by atoms with Gasteiger partial charge >= 0.3 is 6.09 Å². The molecular weight excluding hydrogens is 162 g/mol. The van der Waals surface area contributed by atoms with Crippen molar-refractivity contribution in [3.63, 3.8) is 0 Å². The summed E-state index contributed by atoms with van der Waals surface area (Å²) in [5.74, 6) is -0.118. The van der Waals surface area contributed by atoms with E-state index in [0.29, 0.717) is 18.7 Å². The smallest absolute Gasteiger partial charge is 0.425 e. The molecule has 1 rings (SSSR count). The molecule has 3 N–H and O–H groups in total. The van der Waals surface area contributed by atoms with Gasteiger partial charge in [0.05, 0.1) is 6.42 Å². The first kappa shape index (κ1) is 8.51. The van der Waals surface area contributed by atoms with E-state index in [4.69, 9.17) is 5.11 Å². The van der Waals surface area contributed by atoms with E-state index in [1.807, 2.05) is 5.43 Å². The molecule has 12 heavy (non-hydrogen) atoms. The molecule has 6 heteroatoms. The molecule has 0 aliphatic carbocycles. The third-order valence-electron chi connectivity index (χ3n) is 1.41. The average Bonchev–Trinajstić information content (AvgIpc) is 2.01. The summed E-state index contributed by atoms with van der Waals surface area (Å²) in [5, 5.41) is 14.3. The van der Waals surface area contributed by atoms with Crippen LogP contribution in [0.15, 0.2) is 5.10 Å². The van der Waals surface area contributed by atoms with Crippen molar-refractivity contribution in [1.29, 1.82) is 0 Å². The van der Waals surface area contributed by atoms with Crippen LogP contribution in [0.1, 0.15) is 12.8 Å². The first-order valence-corrected chi connectivity index (χ1v) is 3.49. The molecular formula is C6H9N3O3. The van der Waals surface area contributed by atoms with E-state index in [1.165, 1.54) is 0 Å². The highest BCUT2D eigenvalue weighted by Crippen LogP contribution is 1.97. The summed E-state index contributed by atoms with van der Waals surface area (Å²) in [6.45, 7) is 0.527. The van der Waals surface area contributed by atoms with Gasteiger partial charge in [0.1, 0.15) is 0 Å². The third kappa shape index (κ3) is 2.57. The Balaban J connectivity index is 2.45.